The summed E-state index contributed by atoms with van der Waals surface area (Å²) in [5.74, 6) is 0.126. The summed E-state index contributed by atoms with van der Waals surface area (Å²) in [4.78, 5) is 31.2. The van der Waals surface area contributed by atoms with Gasteiger partial charge in [-0.25, -0.2) is 4.98 Å². The number of aromatic amines is 1. The van der Waals surface area contributed by atoms with Crippen LogP contribution in [0.3, 0.4) is 0 Å². The fraction of sp³-hybridized carbons (Fsp3) is 0.304. The molecular weight excluding hydrogens is 428 g/mol. The minimum Gasteiger partial charge on any atom is -0.494 e. The van der Waals surface area contributed by atoms with Crippen LogP contribution in [0, 0.1) is 11.3 Å². The average molecular weight is 453 g/mol. The number of carbonyl (C=O) groups is 2. The maximum Gasteiger partial charge on any atom is 0.238 e. The molecule has 9 heteroatoms. The molecule has 1 fully saturated rings. The lowest BCUT2D eigenvalue weighted by Gasteiger charge is -2.24. The van der Waals surface area contributed by atoms with Gasteiger partial charge in [-0.3, -0.25) is 9.59 Å². The number of aldehydes is 1. The van der Waals surface area contributed by atoms with Crippen LogP contribution in [0.4, 0.5) is 0 Å². The van der Waals surface area contributed by atoms with Crippen molar-refractivity contribution in [3.63, 3.8) is 0 Å². The number of ether oxygens (including phenoxy) is 2. The Hall–Kier alpha value is -3.48. The summed E-state index contributed by atoms with van der Waals surface area (Å²) in [7, 11) is 5.06. The lowest BCUT2D eigenvalue weighted by Crippen LogP contribution is -2.26. The van der Waals surface area contributed by atoms with Crippen molar-refractivity contribution in [2.75, 3.05) is 34.4 Å². The number of ketones is 1. The Labute approximate surface area is 190 Å². The maximum absolute atomic E-state index is 11.5. The Balaban J connectivity index is 0.000000182. The molecule has 32 heavy (non-hydrogen) atoms. The van der Waals surface area contributed by atoms with Gasteiger partial charge < -0.3 is 19.4 Å². The molecule has 0 amide bonds. The number of pyridine rings is 1. The number of hydrogen-bond donors (Lipinski definition) is 1. The molecule has 4 heterocycles. The number of hydrogen-bond acceptors (Lipinski definition) is 8. The van der Waals surface area contributed by atoms with E-state index in [-0.39, 0.29) is 11.8 Å². The fourth-order valence-electron chi connectivity index (χ4n) is 3.55. The number of methoxy groups -OCH3 is 2. The van der Waals surface area contributed by atoms with E-state index in [1.165, 1.54) is 32.2 Å². The molecule has 0 radical (unpaired) electrons. The zero-order valence-corrected chi connectivity index (χ0v) is 19.0. The maximum atomic E-state index is 11.5. The van der Waals surface area contributed by atoms with Gasteiger partial charge in [-0.05, 0) is 42.3 Å². The van der Waals surface area contributed by atoms with Gasteiger partial charge in [0.05, 0.1) is 43.0 Å². The molecule has 0 unspecified atom stereocenters. The number of nitriles is 1. The third kappa shape index (κ3) is 4.88. The number of aromatic nitrogens is 2. The van der Waals surface area contributed by atoms with Crippen molar-refractivity contribution in [1.82, 2.24) is 14.9 Å². The van der Waals surface area contributed by atoms with E-state index in [4.69, 9.17) is 9.47 Å². The summed E-state index contributed by atoms with van der Waals surface area (Å²) in [6, 6.07) is 4.39. The van der Waals surface area contributed by atoms with Crippen LogP contribution in [0.25, 0.3) is 16.5 Å². The van der Waals surface area contributed by atoms with Crippen LogP contribution in [0.1, 0.15) is 28.8 Å². The molecule has 0 aliphatic carbocycles. The first-order valence-electron chi connectivity index (χ1n) is 9.94. The SMILES string of the molecule is CN1CCC(=C(C#N)c2ccsc2)CC1.COc1ncc(OC)c2c(C(=O)C=O)c[nH]c12. The number of fused-ring (bicyclic) bond motifs is 1. The summed E-state index contributed by atoms with van der Waals surface area (Å²) in [5, 5.41) is 13.8. The van der Waals surface area contributed by atoms with Crippen molar-refractivity contribution in [3.8, 4) is 17.7 Å². The van der Waals surface area contributed by atoms with Gasteiger partial charge in [0.1, 0.15) is 11.3 Å². The van der Waals surface area contributed by atoms with Gasteiger partial charge in [0.2, 0.25) is 11.7 Å². The second kappa shape index (κ2) is 10.7. The first-order valence-corrected chi connectivity index (χ1v) is 10.9. The number of piperidine rings is 1. The molecule has 1 N–H and O–H groups in total. The van der Waals surface area contributed by atoms with E-state index in [0.717, 1.165) is 37.1 Å². The highest BCUT2D eigenvalue weighted by atomic mass is 32.1. The molecule has 0 bridgehead atoms. The van der Waals surface area contributed by atoms with E-state index in [2.05, 4.69) is 33.4 Å². The van der Waals surface area contributed by atoms with E-state index in [0.29, 0.717) is 22.5 Å². The molecule has 1 saturated heterocycles. The second-order valence-electron chi connectivity index (χ2n) is 7.18. The van der Waals surface area contributed by atoms with E-state index in [1.54, 1.807) is 11.3 Å². The molecular formula is C23H24N4O4S. The molecule has 3 aromatic rings. The number of thiophene rings is 1. The van der Waals surface area contributed by atoms with E-state index < -0.39 is 5.78 Å². The van der Waals surface area contributed by atoms with Gasteiger partial charge in [0.25, 0.3) is 0 Å². The van der Waals surface area contributed by atoms with E-state index in [1.807, 2.05) is 11.4 Å². The molecule has 8 nitrogen and oxygen atoms in total. The zero-order chi connectivity index (χ0) is 23.1. The van der Waals surface area contributed by atoms with Gasteiger partial charge in [-0.15, -0.1) is 0 Å². The quantitative estimate of drug-likeness (QED) is 0.272. The monoisotopic (exact) mass is 452 g/mol. The Morgan fingerprint density at radius 2 is 2.06 bits per heavy atom. The van der Waals surface area contributed by atoms with Crippen LogP contribution in [0.5, 0.6) is 11.6 Å². The largest absolute Gasteiger partial charge is 0.494 e. The van der Waals surface area contributed by atoms with Gasteiger partial charge in [0.15, 0.2) is 6.29 Å². The first-order chi connectivity index (χ1) is 15.5. The number of likely N-dealkylation sites (tertiary alicyclic amines) is 1. The van der Waals surface area contributed by atoms with Crippen LogP contribution in [0.15, 0.2) is 34.8 Å². The minimum absolute atomic E-state index is 0.243. The predicted molar refractivity (Wildman–Crippen MR) is 123 cm³/mol. The summed E-state index contributed by atoms with van der Waals surface area (Å²) in [6.45, 7) is 2.15. The summed E-state index contributed by atoms with van der Waals surface area (Å²) >= 11 is 1.65. The molecule has 0 aromatic carbocycles. The molecule has 0 spiro atoms. The highest BCUT2D eigenvalue weighted by molar-refractivity contribution is 7.08. The Morgan fingerprint density at radius 3 is 2.62 bits per heavy atom. The third-order valence-electron chi connectivity index (χ3n) is 5.29. The van der Waals surface area contributed by atoms with Crippen molar-refractivity contribution in [1.29, 1.82) is 5.26 Å². The number of rotatable bonds is 5. The van der Waals surface area contributed by atoms with Crippen LogP contribution in [-0.2, 0) is 4.79 Å². The van der Waals surface area contributed by atoms with E-state index in [9.17, 15) is 14.9 Å². The van der Waals surface area contributed by atoms with Crippen molar-refractivity contribution in [3.05, 3.63) is 45.9 Å². The predicted octanol–water partition coefficient (Wildman–Crippen LogP) is 3.71. The van der Waals surface area contributed by atoms with Gasteiger partial charge >= 0.3 is 0 Å². The molecule has 1 aliphatic rings. The van der Waals surface area contributed by atoms with Gasteiger partial charge in [-0.1, -0.05) is 0 Å². The normalized spacial score (nSPS) is 13.6. The molecule has 1 aliphatic heterocycles. The molecule has 0 saturated carbocycles. The number of allylic oxidation sites excluding steroid dienone is 1. The van der Waals surface area contributed by atoms with Crippen LogP contribution in [0.2, 0.25) is 0 Å². The average Bonchev–Trinajstić information content (AvgIpc) is 3.51. The fourth-order valence-corrected chi connectivity index (χ4v) is 4.20. The molecule has 4 rings (SSSR count). The van der Waals surface area contributed by atoms with Gasteiger partial charge in [-0.2, -0.15) is 16.6 Å². The lowest BCUT2D eigenvalue weighted by atomic mass is 9.95. The minimum atomic E-state index is -0.622. The first kappa shape index (κ1) is 23.2. The summed E-state index contributed by atoms with van der Waals surface area (Å²) in [6.07, 6.45) is 5.21. The van der Waals surface area contributed by atoms with Crippen molar-refractivity contribution < 1.29 is 19.1 Å². The topological polar surface area (TPSA) is 108 Å². The standard InChI is InChI=1S/C12H14N2S.C11H10N2O4/c1-14-5-2-10(3-6-14)12(8-13)11-4-7-15-9-11;1-16-8-4-13-11(17-2)10-9(8)6(3-12-10)7(15)5-14/h4,7,9H,2-3,5-6H2,1H3;3-5,12H,1-2H3. The van der Waals surface area contributed by atoms with Crippen LogP contribution in [-0.4, -0.2) is 61.3 Å². The number of H-pyrrole nitrogens is 1. The number of carbonyl (C=O) groups excluding carboxylic acids is 2. The number of Topliss-reactive ketones (excluding diaryl/α,β-unsaturated/α-hetero) is 1. The van der Waals surface area contributed by atoms with Crippen LogP contribution < -0.4 is 9.47 Å². The van der Waals surface area contributed by atoms with Crippen LogP contribution >= 0.6 is 11.3 Å². The highest BCUT2D eigenvalue weighted by Crippen LogP contribution is 2.33. The second-order valence-corrected chi connectivity index (χ2v) is 7.96. The van der Waals surface area contributed by atoms with E-state index >= 15 is 0 Å². The molecule has 0 atom stereocenters. The molecule has 3 aromatic heterocycles. The highest BCUT2D eigenvalue weighted by Gasteiger charge is 2.19. The number of nitrogens with zero attached hydrogens (tertiary/aromatic N) is 3. The molecule has 166 valence electrons. The smallest absolute Gasteiger partial charge is 0.238 e. The summed E-state index contributed by atoms with van der Waals surface area (Å²) in [5.41, 5.74) is 4.10. The summed E-state index contributed by atoms with van der Waals surface area (Å²) < 4.78 is 10.2. The van der Waals surface area contributed by atoms with Gasteiger partial charge in [0, 0.05) is 24.8 Å². The Morgan fingerprint density at radius 1 is 1.31 bits per heavy atom. The van der Waals surface area contributed by atoms with Crippen molar-refractivity contribution >= 4 is 39.9 Å². The Kier molecular flexibility index (Phi) is 7.76. The third-order valence-corrected chi connectivity index (χ3v) is 5.97. The zero-order valence-electron chi connectivity index (χ0n) is 18.2. The number of nitrogens with one attached hydrogen (secondary N) is 1. The lowest BCUT2D eigenvalue weighted by molar-refractivity contribution is -0.104. The van der Waals surface area contributed by atoms with Crippen molar-refractivity contribution in [2.24, 2.45) is 0 Å². The van der Waals surface area contributed by atoms with Crippen molar-refractivity contribution in [2.45, 2.75) is 12.8 Å². The Bertz CT molecular complexity index is 1160.